The van der Waals surface area contributed by atoms with Gasteiger partial charge in [0.05, 0.1) is 11.7 Å². The van der Waals surface area contributed by atoms with Crippen molar-refractivity contribution in [3.05, 3.63) is 59.9 Å². The highest BCUT2D eigenvalue weighted by molar-refractivity contribution is 6.04. The number of aryl methyl sites for hydroxylation is 1. The molecular formula is C21H22F3N7O3. The third kappa shape index (κ3) is 7.00. The van der Waals surface area contributed by atoms with E-state index in [9.17, 15) is 18.0 Å². The van der Waals surface area contributed by atoms with Gasteiger partial charge in [-0.2, -0.15) is 23.4 Å². The van der Waals surface area contributed by atoms with Gasteiger partial charge < -0.3 is 21.1 Å². The van der Waals surface area contributed by atoms with E-state index in [1.807, 2.05) is 48.1 Å². The van der Waals surface area contributed by atoms with E-state index in [0.29, 0.717) is 23.2 Å². The largest absolute Gasteiger partial charge is 0.490 e. The molecule has 1 atom stereocenters. The van der Waals surface area contributed by atoms with Crippen LogP contribution in [0.4, 0.5) is 30.5 Å². The smallest absolute Gasteiger partial charge is 0.475 e. The fourth-order valence-electron chi connectivity index (χ4n) is 3.01. The lowest BCUT2D eigenvalue weighted by Crippen LogP contribution is -2.21. The zero-order valence-corrected chi connectivity index (χ0v) is 18.0. The zero-order valence-electron chi connectivity index (χ0n) is 18.0. The van der Waals surface area contributed by atoms with Crippen LogP contribution >= 0.6 is 0 Å². The summed E-state index contributed by atoms with van der Waals surface area (Å²) in [6.07, 6.45) is -2.13. The topological polar surface area (TPSA) is 134 Å². The number of aliphatic carboxylic acids is 1. The molecule has 1 aromatic carbocycles. The van der Waals surface area contributed by atoms with Crippen molar-refractivity contribution in [1.82, 2.24) is 25.3 Å². The van der Waals surface area contributed by atoms with E-state index in [2.05, 4.69) is 31.2 Å². The Hall–Kier alpha value is -4.00. The molecule has 1 amide bonds. The van der Waals surface area contributed by atoms with Crippen molar-refractivity contribution >= 4 is 29.2 Å². The van der Waals surface area contributed by atoms with Crippen molar-refractivity contribution in [1.29, 1.82) is 0 Å². The molecule has 0 radical (unpaired) electrons. The minimum Gasteiger partial charge on any atom is -0.475 e. The number of anilines is 3. The Kier molecular flexibility index (Phi) is 7.79. The molecule has 1 unspecified atom stereocenters. The molecule has 1 aliphatic heterocycles. The molecule has 4 N–H and O–H groups in total. The monoisotopic (exact) mass is 477 g/mol. The van der Waals surface area contributed by atoms with E-state index in [4.69, 9.17) is 9.90 Å². The minimum atomic E-state index is -5.08. The summed E-state index contributed by atoms with van der Waals surface area (Å²) < 4.78 is 33.6. The first kappa shape index (κ1) is 24.6. The molecule has 13 heteroatoms. The summed E-state index contributed by atoms with van der Waals surface area (Å²) in [6.45, 7) is 3.79. The number of carbonyl (C=O) groups excluding carboxylic acids is 1. The predicted molar refractivity (Wildman–Crippen MR) is 117 cm³/mol. The lowest BCUT2D eigenvalue weighted by Gasteiger charge is -2.09. The second kappa shape index (κ2) is 10.7. The van der Waals surface area contributed by atoms with Crippen LogP contribution in [0.15, 0.2) is 48.7 Å². The van der Waals surface area contributed by atoms with Crippen LogP contribution in [-0.2, 0) is 4.79 Å². The molecule has 1 fully saturated rings. The molecule has 180 valence electrons. The van der Waals surface area contributed by atoms with Crippen molar-refractivity contribution in [3.8, 4) is 0 Å². The van der Waals surface area contributed by atoms with Crippen LogP contribution in [0, 0.1) is 6.92 Å². The van der Waals surface area contributed by atoms with E-state index in [1.165, 1.54) is 0 Å². The molecule has 0 aliphatic carbocycles. The Morgan fingerprint density at radius 1 is 1.15 bits per heavy atom. The fraction of sp³-hybridized carbons (Fsp3) is 0.286. The van der Waals surface area contributed by atoms with Crippen LogP contribution in [-0.4, -0.2) is 56.2 Å². The first-order chi connectivity index (χ1) is 16.1. The number of rotatable bonds is 5. The number of nitrogens with zero attached hydrogens (tertiary/aromatic N) is 4. The number of hydrogen-bond acceptors (Lipinski definition) is 7. The van der Waals surface area contributed by atoms with Gasteiger partial charge in [-0.05, 0) is 50.2 Å². The van der Waals surface area contributed by atoms with Crippen molar-refractivity contribution < 1.29 is 27.9 Å². The number of halogens is 3. The number of aromatic nitrogens is 4. The van der Waals surface area contributed by atoms with Gasteiger partial charge in [0.2, 0.25) is 0 Å². The Labute approximate surface area is 192 Å². The molecule has 1 aliphatic rings. The first-order valence-electron chi connectivity index (χ1n) is 10.2. The number of alkyl halides is 3. The zero-order chi connectivity index (χ0) is 24.7. The molecule has 0 bridgehead atoms. The number of nitrogens with one attached hydrogen (secondary N) is 3. The minimum absolute atomic E-state index is 0.205. The van der Waals surface area contributed by atoms with E-state index in [0.717, 1.165) is 30.9 Å². The van der Waals surface area contributed by atoms with E-state index in [1.54, 1.807) is 12.1 Å². The Morgan fingerprint density at radius 2 is 1.91 bits per heavy atom. The standard InChI is InChI=1S/C19H21N7O.C2HF3O2/c1-13-5-6-17(24-23-13)21-15-4-2-3-14(11-15)19(27)22-18-8-10-26(25-18)16-7-9-20-12-16;3-2(4,5)1(6)7/h2-6,8,10-11,16,20H,7,9,12H2,1H3,(H,21,24)(H,22,25,27);(H,6,7). The number of carboxylic acid groups (broad SMARTS) is 1. The van der Waals surface area contributed by atoms with Gasteiger partial charge in [0.25, 0.3) is 5.91 Å². The van der Waals surface area contributed by atoms with Gasteiger partial charge in [0, 0.05) is 30.1 Å². The lowest BCUT2D eigenvalue weighted by atomic mass is 10.2. The Bertz CT molecular complexity index is 1130. The van der Waals surface area contributed by atoms with Crippen LogP contribution < -0.4 is 16.0 Å². The highest BCUT2D eigenvalue weighted by atomic mass is 19.4. The molecule has 0 saturated carbocycles. The molecule has 10 nitrogen and oxygen atoms in total. The Morgan fingerprint density at radius 3 is 2.53 bits per heavy atom. The molecular weight excluding hydrogens is 455 g/mol. The van der Waals surface area contributed by atoms with Gasteiger partial charge in [0.15, 0.2) is 11.6 Å². The van der Waals surface area contributed by atoms with E-state index >= 15 is 0 Å². The summed E-state index contributed by atoms with van der Waals surface area (Å²) in [5.41, 5.74) is 2.15. The molecule has 0 spiro atoms. The van der Waals surface area contributed by atoms with Gasteiger partial charge >= 0.3 is 12.1 Å². The average Bonchev–Trinajstić information content (AvgIpc) is 3.47. The summed E-state index contributed by atoms with van der Waals surface area (Å²) in [4.78, 5) is 21.5. The maximum Gasteiger partial charge on any atom is 0.490 e. The number of carboxylic acids is 1. The molecule has 3 heterocycles. The first-order valence-corrected chi connectivity index (χ1v) is 10.2. The highest BCUT2D eigenvalue weighted by Gasteiger charge is 2.38. The van der Waals surface area contributed by atoms with Crippen LogP contribution in [0.3, 0.4) is 0 Å². The van der Waals surface area contributed by atoms with Gasteiger partial charge in [-0.1, -0.05) is 6.07 Å². The molecule has 3 aromatic rings. The van der Waals surface area contributed by atoms with Crippen LogP contribution in [0.5, 0.6) is 0 Å². The number of carbonyl (C=O) groups is 2. The number of benzene rings is 1. The summed E-state index contributed by atoms with van der Waals surface area (Å²) in [5.74, 6) is -1.78. The van der Waals surface area contributed by atoms with Gasteiger partial charge in [0.1, 0.15) is 0 Å². The lowest BCUT2D eigenvalue weighted by molar-refractivity contribution is -0.192. The average molecular weight is 477 g/mol. The van der Waals surface area contributed by atoms with Crippen LogP contribution in [0.25, 0.3) is 0 Å². The van der Waals surface area contributed by atoms with Crippen LogP contribution in [0.1, 0.15) is 28.5 Å². The molecule has 2 aromatic heterocycles. The summed E-state index contributed by atoms with van der Waals surface area (Å²) >= 11 is 0. The maximum absolute atomic E-state index is 12.6. The van der Waals surface area contributed by atoms with Crippen LogP contribution in [0.2, 0.25) is 0 Å². The summed E-state index contributed by atoms with van der Waals surface area (Å²) in [6, 6.07) is 13.1. The maximum atomic E-state index is 12.6. The quantitative estimate of drug-likeness (QED) is 0.440. The van der Waals surface area contributed by atoms with E-state index < -0.39 is 12.1 Å². The van der Waals surface area contributed by atoms with E-state index in [-0.39, 0.29) is 5.91 Å². The fourth-order valence-corrected chi connectivity index (χ4v) is 3.01. The second-order valence-corrected chi connectivity index (χ2v) is 7.35. The van der Waals surface area contributed by atoms with Gasteiger partial charge in [-0.25, -0.2) is 4.79 Å². The SMILES string of the molecule is Cc1ccc(Nc2cccc(C(=O)Nc3ccn(C4CCNC4)n3)c2)nn1.O=C(O)C(F)(F)F. The Balaban J connectivity index is 0.000000406. The summed E-state index contributed by atoms with van der Waals surface area (Å²) in [5, 5.41) is 29.0. The third-order valence-electron chi connectivity index (χ3n) is 4.70. The normalized spacial score (nSPS) is 15.2. The van der Waals surface area contributed by atoms with Gasteiger partial charge in [-0.15, -0.1) is 5.10 Å². The van der Waals surface area contributed by atoms with Gasteiger partial charge in [-0.3, -0.25) is 9.48 Å². The van der Waals surface area contributed by atoms with Crippen molar-refractivity contribution in [3.63, 3.8) is 0 Å². The summed E-state index contributed by atoms with van der Waals surface area (Å²) in [7, 11) is 0. The van der Waals surface area contributed by atoms with Crippen molar-refractivity contribution in [2.45, 2.75) is 25.6 Å². The molecule has 4 rings (SSSR count). The second-order valence-electron chi connectivity index (χ2n) is 7.35. The molecule has 34 heavy (non-hydrogen) atoms. The number of amides is 1. The molecule has 1 saturated heterocycles. The third-order valence-corrected chi connectivity index (χ3v) is 4.70. The highest BCUT2D eigenvalue weighted by Crippen LogP contribution is 2.18. The van der Waals surface area contributed by atoms with Crippen molar-refractivity contribution in [2.75, 3.05) is 23.7 Å². The van der Waals surface area contributed by atoms with Crippen molar-refractivity contribution in [2.24, 2.45) is 0 Å². The number of hydrogen-bond donors (Lipinski definition) is 4. The predicted octanol–water partition coefficient (Wildman–Crippen LogP) is 3.15.